The van der Waals surface area contributed by atoms with Gasteiger partial charge in [0.15, 0.2) is 11.5 Å². The molecule has 10 heteroatoms. The molecule has 33 heavy (non-hydrogen) atoms. The molecule has 1 aliphatic rings. The maximum atomic E-state index is 12.6. The van der Waals surface area contributed by atoms with Gasteiger partial charge in [-0.15, -0.1) is 0 Å². The van der Waals surface area contributed by atoms with Crippen molar-refractivity contribution < 1.29 is 14.3 Å². The molecule has 0 radical (unpaired) electrons. The number of H-pyrrole nitrogens is 1. The van der Waals surface area contributed by atoms with Gasteiger partial charge in [0, 0.05) is 42.7 Å². The van der Waals surface area contributed by atoms with Crippen molar-refractivity contribution in [3.8, 4) is 17.2 Å². The summed E-state index contributed by atoms with van der Waals surface area (Å²) in [4.78, 5) is 21.0. The first-order valence-corrected chi connectivity index (χ1v) is 10.6. The van der Waals surface area contributed by atoms with Gasteiger partial charge in [-0.1, -0.05) is 0 Å². The van der Waals surface area contributed by atoms with E-state index in [0.29, 0.717) is 46.1 Å². The van der Waals surface area contributed by atoms with Gasteiger partial charge in [-0.25, -0.2) is 9.97 Å². The SMILES string of the molecule is COc1ccnc(NC(=O)c2ccc(Oc3ccnc4[nH]nc(NC5CCNC5)c34)cc2)c1. The minimum absolute atomic E-state index is 0.278. The molecular formula is C23H23N7O3. The number of ether oxygens (including phenoxy) is 2. The zero-order valence-electron chi connectivity index (χ0n) is 18.0. The second-order valence-corrected chi connectivity index (χ2v) is 7.60. The molecule has 5 rings (SSSR count). The van der Waals surface area contributed by atoms with E-state index >= 15 is 0 Å². The molecule has 168 valence electrons. The minimum atomic E-state index is -0.278. The Bertz CT molecular complexity index is 1270. The van der Waals surface area contributed by atoms with Crippen molar-refractivity contribution in [2.75, 3.05) is 30.8 Å². The summed E-state index contributed by atoms with van der Waals surface area (Å²) in [5.41, 5.74) is 1.12. The third-order valence-corrected chi connectivity index (χ3v) is 5.38. The van der Waals surface area contributed by atoms with E-state index in [0.717, 1.165) is 24.9 Å². The summed E-state index contributed by atoms with van der Waals surface area (Å²) in [5, 5.41) is 17.7. The monoisotopic (exact) mass is 445 g/mol. The van der Waals surface area contributed by atoms with E-state index in [-0.39, 0.29) is 5.91 Å². The lowest BCUT2D eigenvalue weighted by Crippen LogP contribution is -2.22. The number of nitrogens with zero attached hydrogens (tertiary/aromatic N) is 3. The van der Waals surface area contributed by atoms with E-state index in [1.54, 1.807) is 62.0 Å². The van der Waals surface area contributed by atoms with Crippen LogP contribution in [0, 0.1) is 0 Å². The van der Waals surface area contributed by atoms with Crippen molar-refractivity contribution in [3.63, 3.8) is 0 Å². The number of carbonyl (C=O) groups excluding carboxylic acids is 1. The summed E-state index contributed by atoms with van der Waals surface area (Å²) >= 11 is 0. The van der Waals surface area contributed by atoms with E-state index in [9.17, 15) is 4.79 Å². The number of nitrogens with one attached hydrogen (secondary N) is 4. The Hall–Kier alpha value is -4.18. The summed E-state index contributed by atoms with van der Waals surface area (Å²) in [6, 6.07) is 12.4. The fourth-order valence-electron chi connectivity index (χ4n) is 3.68. The maximum Gasteiger partial charge on any atom is 0.256 e. The highest BCUT2D eigenvalue weighted by molar-refractivity contribution is 6.03. The first kappa shape index (κ1) is 20.7. The molecule has 1 fully saturated rings. The highest BCUT2D eigenvalue weighted by Gasteiger charge is 2.19. The zero-order valence-corrected chi connectivity index (χ0v) is 18.0. The first-order valence-electron chi connectivity index (χ1n) is 10.6. The van der Waals surface area contributed by atoms with E-state index < -0.39 is 0 Å². The van der Waals surface area contributed by atoms with Gasteiger partial charge in [-0.3, -0.25) is 9.89 Å². The highest BCUT2D eigenvalue weighted by atomic mass is 16.5. The molecule has 0 bridgehead atoms. The van der Waals surface area contributed by atoms with Crippen LogP contribution in [-0.2, 0) is 0 Å². The van der Waals surface area contributed by atoms with E-state index in [1.807, 2.05) is 0 Å². The molecular weight excluding hydrogens is 422 g/mol. The van der Waals surface area contributed by atoms with Crippen LogP contribution in [0.2, 0.25) is 0 Å². The summed E-state index contributed by atoms with van der Waals surface area (Å²) in [5.74, 6) is 2.68. The fraction of sp³-hybridized carbons (Fsp3) is 0.217. The van der Waals surface area contributed by atoms with Crippen LogP contribution in [-0.4, -0.2) is 52.3 Å². The quantitative estimate of drug-likeness (QED) is 0.342. The number of aromatic nitrogens is 4. The molecule has 1 amide bonds. The molecule has 4 aromatic rings. The number of methoxy groups -OCH3 is 1. The van der Waals surface area contributed by atoms with Crippen LogP contribution in [0.3, 0.4) is 0 Å². The first-order chi connectivity index (χ1) is 16.2. The lowest BCUT2D eigenvalue weighted by molar-refractivity contribution is 0.102. The molecule has 3 aromatic heterocycles. The van der Waals surface area contributed by atoms with Gasteiger partial charge in [0.05, 0.1) is 7.11 Å². The number of aromatic amines is 1. The number of hydrogen-bond acceptors (Lipinski definition) is 8. The van der Waals surface area contributed by atoms with Crippen LogP contribution in [0.25, 0.3) is 11.0 Å². The number of hydrogen-bond donors (Lipinski definition) is 4. The molecule has 0 aliphatic carbocycles. The Kier molecular flexibility index (Phi) is 5.73. The van der Waals surface area contributed by atoms with Gasteiger partial charge < -0.3 is 25.4 Å². The van der Waals surface area contributed by atoms with Crippen LogP contribution in [0.15, 0.2) is 54.9 Å². The smallest absolute Gasteiger partial charge is 0.256 e. The number of pyridine rings is 2. The van der Waals surface area contributed by atoms with Crippen molar-refractivity contribution in [1.29, 1.82) is 0 Å². The Labute approximate surface area is 189 Å². The summed E-state index contributed by atoms with van der Waals surface area (Å²) in [6.07, 6.45) is 4.27. The molecule has 1 saturated heterocycles. The Morgan fingerprint density at radius 2 is 1.94 bits per heavy atom. The topological polar surface area (TPSA) is 126 Å². The molecule has 1 aromatic carbocycles. The van der Waals surface area contributed by atoms with Gasteiger partial charge in [-0.2, -0.15) is 5.10 Å². The highest BCUT2D eigenvalue weighted by Crippen LogP contribution is 2.33. The molecule has 1 unspecified atom stereocenters. The van der Waals surface area contributed by atoms with Crippen LogP contribution in [0.5, 0.6) is 17.2 Å². The second-order valence-electron chi connectivity index (χ2n) is 7.60. The number of benzene rings is 1. The van der Waals surface area contributed by atoms with Crippen molar-refractivity contribution in [1.82, 2.24) is 25.5 Å². The fourth-order valence-corrected chi connectivity index (χ4v) is 3.68. The van der Waals surface area contributed by atoms with Crippen LogP contribution in [0.1, 0.15) is 16.8 Å². The summed E-state index contributed by atoms with van der Waals surface area (Å²) < 4.78 is 11.3. The van der Waals surface area contributed by atoms with Gasteiger partial charge in [0.1, 0.15) is 28.5 Å². The normalized spacial score (nSPS) is 15.4. The van der Waals surface area contributed by atoms with Crippen LogP contribution in [0.4, 0.5) is 11.6 Å². The maximum absolute atomic E-state index is 12.6. The van der Waals surface area contributed by atoms with Crippen molar-refractivity contribution >= 4 is 28.6 Å². The Balaban J connectivity index is 1.31. The third kappa shape index (κ3) is 4.55. The third-order valence-electron chi connectivity index (χ3n) is 5.38. The Morgan fingerprint density at radius 3 is 2.73 bits per heavy atom. The van der Waals surface area contributed by atoms with Crippen molar-refractivity contribution in [2.24, 2.45) is 0 Å². The minimum Gasteiger partial charge on any atom is -0.497 e. The molecule has 1 atom stereocenters. The van der Waals surface area contributed by atoms with Crippen LogP contribution >= 0.6 is 0 Å². The lowest BCUT2D eigenvalue weighted by Gasteiger charge is -2.12. The standard InChI is InChI=1S/C23H23N7O3/c1-32-17-7-10-25-19(12-17)28-23(31)14-2-4-16(5-3-14)33-18-8-11-26-21-20(18)22(30-29-21)27-15-6-9-24-13-15/h2-5,7-8,10-12,15,24H,6,9,13H2,1H3,(H,25,28,31)(H2,26,27,29,30). The number of rotatable bonds is 7. The van der Waals surface area contributed by atoms with Gasteiger partial charge >= 0.3 is 0 Å². The average molecular weight is 445 g/mol. The summed E-state index contributed by atoms with van der Waals surface area (Å²) in [6.45, 7) is 1.87. The van der Waals surface area contributed by atoms with E-state index in [4.69, 9.17) is 9.47 Å². The van der Waals surface area contributed by atoms with Crippen molar-refractivity contribution in [2.45, 2.75) is 12.5 Å². The number of carbonyl (C=O) groups is 1. The number of anilines is 2. The van der Waals surface area contributed by atoms with Crippen LogP contribution < -0.4 is 25.4 Å². The largest absolute Gasteiger partial charge is 0.497 e. The molecule has 10 nitrogen and oxygen atoms in total. The number of fused-ring (bicyclic) bond motifs is 1. The molecule has 4 heterocycles. The molecule has 0 saturated carbocycles. The average Bonchev–Trinajstić information content (AvgIpc) is 3.51. The summed E-state index contributed by atoms with van der Waals surface area (Å²) in [7, 11) is 1.56. The van der Waals surface area contributed by atoms with Crippen molar-refractivity contribution in [3.05, 3.63) is 60.4 Å². The zero-order chi connectivity index (χ0) is 22.6. The van der Waals surface area contributed by atoms with Gasteiger partial charge in [0.2, 0.25) is 0 Å². The predicted octanol–water partition coefficient (Wildman–Crippen LogP) is 3.18. The second kappa shape index (κ2) is 9.13. The molecule has 0 spiro atoms. The van der Waals surface area contributed by atoms with E-state index in [2.05, 4.69) is 36.1 Å². The lowest BCUT2D eigenvalue weighted by atomic mass is 10.2. The van der Waals surface area contributed by atoms with Gasteiger partial charge in [0.25, 0.3) is 5.91 Å². The predicted molar refractivity (Wildman–Crippen MR) is 124 cm³/mol. The molecule has 1 aliphatic heterocycles. The van der Waals surface area contributed by atoms with Gasteiger partial charge in [-0.05, 0) is 43.3 Å². The van der Waals surface area contributed by atoms with E-state index in [1.165, 1.54) is 0 Å². The molecule has 4 N–H and O–H groups in total. The Morgan fingerprint density at radius 1 is 1.09 bits per heavy atom. The number of amides is 1.